The summed E-state index contributed by atoms with van der Waals surface area (Å²) in [5, 5.41) is 11.5. The molecule has 0 spiro atoms. The molecule has 0 aromatic heterocycles. The minimum atomic E-state index is -0.848. The molecule has 1 fully saturated rings. The quantitative estimate of drug-likeness (QED) is 0.471. The maximum absolute atomic E-state index is 11.4. The summed E-state index contributed by atoms with van der Waals surface area (Å²) in [6.07, 6.45) is 0.888. The molecule has 1 aliphatic heterocycles. The van der Waals surface area contributed by atoms with Crippen molar-refractivity contribution in [1.29, 1.82) is 0 Å². The van der Waals surface area contributed by atoms with Gasteiger partial charge in [0.25, 0.3) is 0 Å². The molecule has 6 N–H and O–H groups in total. The fourth-order valence-corrected chi connectivity index (χ4v) is 2.10. The fourth-order valence-electron chi connectivity index (χ4n) is 2.10. The van der Waals surface area contributed by atoms with Crippen LogP contribution in [0.5, 0.6) is 0 Å². The molecular formula is C13H20N4O2. The van der Waals surface area contributed by atoms with Crippen LogP contribution in [0.4, 0.5) is 0 Å². The van der Waals surface area contributed by atoms with E-state index in [2.05, 4.69) is 28.3 Å². The molecule has 1 amide bonds. The predicted molar refractivity (Wildman–Crippen MR) is 71.9 cm³/mol. The molecule has 2 unspecified atom stereocenters. The van der Waals surface area contributed by atoms with Gasteiger partial charge in [0.05, 0.1) is 6.61 Å². The van der Waals surface area contributed by atoms with Crippen LogP contribution >= 0.6 is 0 Å². The van der Waals surface area contributed by atoms with Crippen molar-refractivity contribution in [1.82, 2.24) is 16.2 Å². The zero-order valence-corrected chi connectivity index (χ0v) is 10.7. The minimum Gasteiger partial charge on any atom is -0.394 e. The number of nitrogens with two attached hydrogens (primary N) is 1. The van der Waals surface area contributed by atoms with E-state index < -0.39 is 6.04 Å². The lowest BCUT2D eigenvalue weighted by Gasteiger charge is -2.13. The molecule has 0 radical (unpaired) electrons. The van der Waals surface area contributed by atoms with E-state index in [1.807, 2.05) is 18.2 Å². The Balaban J connectivity index is 1.78. The van der Waals surface area contributed by atoms with Gasteiger partial charge in [-0.2, -0.15) is 0 Å². The Hall–Kier alpha value is -1.47. The molecular weight excluding hydrogens is 244 g/mol. The summed E-state index contributed by atoms with van der Waals surface area (Å²) in [6.45, 7) is 0.150. The van der Waals surface area contributed by atoms with Crippen molar-refractivity contribution >= 4 is 5.91 Å². The lowest BCUT2D eigenvalue weighted by atomic mass is 10.0. The average Bonchev–Trinajstić information content (AvgIpc) is 2.93. The molecule has 0 bridgehead atoms. The van der Waals surface area contributed by atoms with E-state index in [0.717, 1.165) is 6.42 Å². The molecule has 6 nitrogen and oxygen atoms in total. The van der Waals surface area contributed by atoms with E-state index in [0.29, 0.717) is 6.54 Å². The summed E-state index contributed by atoms with van der Waals surface area (Å²) in [6, 6.07) is 9.69. The largest absolute Gasteiger partial charge is 0.394 e. The summed E-state index contributed by atoms with van der Waals surface area (Å²) >= 11 is 0. The number of hydrogen-bond donors (Lipinski definition) is 5. The van der Waals surface area contributed by atoms with Crippen molar-refractivity contribution in [3.8, 4) is 0 Å². The average molecular weight is 264 g/mol. The Bertz CT molecular complexity index is 412. The Morgan fingerprint density at radius 2 is 2.16 bits per heavy atom. The van der Waals surface area contributed by atoms with Crippen LogP contribution in [-0.2, 0) is 4.79 Å². The van der Waals surface area contributed by atoms with Gasteiger partial charge in [-0.1, -0.05) is 30.3 Å². The summed E-state index contributed by atoms with van der Waals surface area (Å²) in [5.74, 6) is -0.326. The van der Waals surface area contributed by atoms with Gasteiger partial charge in [-0.05, 0) is 12.0 Å². The van der Waals surface area contributed by atoms with Gasteiger partial charge in [-0.3, -0.25) is 10.2 Å². The zero-order valence-electron chi connectivity index (χ0n) is 10.7. The van der Waals surface area contributed by atoms with Gasteiger partial charge in [0, 0.05) is 18.6 Å². The molecule has 1 heterocycles. The number of carbonyl (C=O) groups excluding carboxylic acids is 1. The van der Waals surface area contributed by atoms with Gasteiger partial charge in [0.1, 0.15) is 6.04 Å². The summed E-state index contributed by atoms with van der Waals surface area (Å²) in [5.41, 5.74) is 13.0. The van der Waals surface area contributed by atoms with Crippen LogP contribution in [0.15, 0.2) is 30.3 Å². The maximum Gasteiger partial charge on any atom is 0.239 e. The highest BCUT2D eigenvalue weighted by molar-refractivity contribution is 5.81. The third kappa shape index (κ3) is 3.74. The molecule has 2 rings (SSSR count). The second-order valence-electron chi connectivity index (χ2n) is 4.72. The lowest BCUT2D eigenvalue weighted by molar-refractivity contribution is -0.123. The first-order valence-electron chi connectivity index (χ1n) is 6.41. The van der Waals surface area contributed by atoms with Gasteiger partial charge in [0.2, 0.25) is 5.91 Å². The summed E-state index contributed by atoms with van der Waals surface area (Å²) in [7, 11) is 0. The lowest BCUT2D eigenvalue weighted by Crippen LogP contribution is -2.47. The first-order valence-corrected chi connectivity index (χ1v) is 6.41. The van der Waals surface area contributed by atoms with Crippen LogP contribution in [0.1, 0.15) is 18.0 Å². The van der Waals surface area contributed by atoms with Gasteiger partial charge in [0.15, 0.2) is 0 Å². The van der Waals surface area contributed by atoms with Crippen molar-refractivity contribution < 1.29 is 9.90 Å². The zero-order chi connectivity index (χ0) is 13.7. The molecule has 1 aliphatic rings. The van der Waals surface area contributed by atoms with Crippen LogP contribution in [-0.4, -0.2) is 36.2 Å². The van der Waals surface area contributed by atoms with Crippen LogP contribution in [0.3, 0.4) is 0 Å². The van der Waals surface area contributed by atoms with Crippen molar-refractivity contribution in [2.75, 3.05) is 13.2 Å². The van der Waals surface area contributed by atoms with Crippen LogP contribution in [0, 0.1) is 0 Å². The Labute approximate surface area is 112 Å². The number of aliphatic hydroxyl groups excluding tert-OH is 1. The minimum absolute atomic E-state index is 0.153. The van der Waals surface area contributed by atoms with Gasteiger partial charge >= 0.3 is 0 Å². The number of benzene rings is 1. The van der Waals surface area contributed by atoms with Crippen molar-refractivity contribution in [3.63, 3.8) is 0 Å². The van der Waals surface area contributed by atoms with Crippen LogP contribution in [0.2, 0.25) is 0 Å². The van der Waals surface area contributed by atoms with Crippen molar-refractivity contribution in [2.45, 2.75) is 24.5 Å². The van der Waals surface area contributed by atoms with E-state index in [-0.39, 0.29) is 24.6 Å². The van der Waals surface area contributed by atoms with Crippen molar-refractivity contribution in [3.05, 3.63) is 35.9 Å². The Morgan fingerprint density at radius 1 is 1.42 bits per heavy atom. The highest BCUT2D eigenvalue weighted by Gasteiger charge is 2.25. The topological polar surface area (TPSA) is 99.4 Å². The molecule has 0 aliphatic carbocycles. The normalized spacial score (nSPS) is 24.1. The second-order valence-corrected chi connectivity index (χ2v) is 4.72. The maximum atomic E-state index is 11.4. The molecule has 1 aromatic carbocycles. The SMILES string of the molecule is N[C@@H](CO)C(=O)NCC1CC(c2ccccc2)NN1. The third-order valence-corrected chi connectivity index (χ3v) is 3.24. The second kappa shape index (κ2) is 6.63. The smallest absolute Gasteiger partial charge is 0.239 e. The van der Waals surface area contributed by atoms with Gasteiger partial charge < -0.3 is 16.2 Å². The molecule has 1 saturated heterocycles. The molecule has 104 valence electrons. The van der Waals surface area contributed by atoms with E-state index in [1.54, 1.807) is 0 Å². The molecule has 3 atom stereocenters. The molecule has 6 heteroatoms. The first-order chi connectivity index (χ1) is 9.20. The highest BCUT2D eigenvalue weighted by atomic mass is 16.3. The summed E-state index contributed by atoms with van der Waals surface area (Å²) in [4.78, 5) is 11.4. The number of rotatable bonds is 5. The van der Waals surface area contributed by atoms with E-state index in [9.17, 15) is 4.79 Å². The molecule has 1 aromatic rings. The number of hydrazine groups is 1. The Kier molecular flexibility index (Phi) is 4.86. The number of amides is 1. The van der Waals surface area contributed by atoms with E-state index >= 15 is 0 Å². The van der Waals surface area contributed by atoms with Crippen molar-refractivity contribution in [2.24, 2.45) is 5.73 Å². The number of carbonyl (C=O) groups is 1. The standard InChI is InChI=1S/C13H20N4O2/c14-11(8-18)13(19)15-7-10-6-12(17-16-10)9-4-2-1-3-5-9/h1-5,10-12,16-18H,6-8,14H2,(H,15,19)/t10?,11-,12?/m0/s1. The van der Waals surface area contributed by atoms with E-state index in [1.165, 1.54) is 5.56 Å². The van der Waals surface area contributed by atoms with Crippen LogP contribution in [0.25, 0.3) is 0 Å². The molecule has 0 saturated carbocycles. The number of hydrogen-bond acceptors (Lipinski definition) is 5. The fraction of sp³-hybridized carbons (Fsp3) is 0.462. The van der Waals surface area contributed by atoms with Gasteiger partial charge in [-0.25, -0.2) is 5.43 Å². The number of nitrogens with one attached hydrogen (secondary N) is 3. The van der Waals surface area contributed by atoms with Crippen LogP contribution < -0.4 is 21.9 Å². The molecule has 19 heavy (non-hydrogen) atoms. The van der Waals surface area contributed by atoms with E-state index in [4.69, 9.17) is 10.8 Å². The number of aliphatic hydroxyl groups is 1. The third-order valence-electron chi connectivity index (χ3n) is 3.24. The van der Waals surface area contributed by atoms with Gasteiger partial charge in [-0.15, -0.1) is 0 Å². The predicted octanol–water partition coefficient (Wildman–Crippen LogP) is -0.970. The monoisotopic (exact) mass is 264 g/mol. The highest BCUT2D eigenvalue weighted by Crippen LogP contribution is 2.21. The Morgan fingerprint density at radius 3 is 2.84 bits per heavy atom. The first kappa shape index (κ1) is 14.0. The summed E-state index contributed by atoms with van der Waals surface area (Å²) < 4.78 is 0.